The van der Waals surface area contributed by atoms with E-state index < -0.39 is 0 Å². The molecule has 2 saturated heterocycles. The molecule has 150 valence electrons. The van der Waals surface area contributed by atoms with E-state index >= 15 is 0 Å². The number of ether oxygens (including phenoxy) is 1. The van der Waals surface area contributed by atoms with Gasteiger partial charge in [-0.1, -0.05) is 26.7 Å². The van der Waals surface area contributed by atoms with Gasteiger partial charge >= 0.3 is 0 Å². The van der Waals surface area contributed by atoms with E-state index in [0.717, 1.165) is 32.6 Å². The molecule has 3 N–H and O–H groups in total. The Morgan fingerprint density at radius 1 is 1.16 bits per heavy atom. The fourth-order valence-corrected chi connectivity index (χ4v) is 4.11. The maximum atomic E-state index is 12.5. The Hall–Kier alpha value is -0.0700. The van der Waals surface area contributed by atoms with E-state index in [1.807, 2.05) is 0 Å². The highest BCUT2D eigenvalue weighted by Gasteiger charge is 2.30. The highest BCUT2D eigenvalue weighted by molar-refractivity contribution is 5.85. The van der Waals surface area contributed by atoms with Gasteiger partial charge in [-0.3, -0.25) is 9.69 Å². The van der Waals surface area contributed by atoms with Crippen LogP contribution >= 0.6 is 24.8 Å². The van der Waals surface area contributed by atoms with Crippen molar-refractivity contribution in [3.63, 3.8) is 0 Å². The summed E-state index contributed by atoms with van der Waals surface area (Å²) in [6, 6.07) is 0.0678. The van der Waals surface area contributed by atoms with Crippen LogP contribution in [0.4, 0.5) is 0 Å². The maximum absolute atomic E-state index is 12.5. The first-order chi connectivity index (χ1) is 11.2. The summed E-state index contributed by atoms with van der Waals surface area (Å²) < 4.78 is 5.36. The smallest absolute Gasteiger partial charge is 0.237 e. The lowest BCUT2D eigenvalue weighted by atomic mass is 9.91. The van der Waals surface area contributed by atoms with Gasteiger partial charge in [0, 0.05) is 25.8 Å². The van der Waals surface area contributed by atoms with Gasteiger partial charge in [-0.15, -0.1) is 24.8 Å². The minimum absolute atomic E-state index is 0. The Bertz CT molecular complexity index is 356. The summed E-state index contributed by atoms with van der Waals surface area (Å²) >= 11 is 0. The molecule has 2 unspecified atom stereocenters. The molecule has 2 aliphatic heterocycles. The first-order valence-corrected chi connectivity index (χ1v) is 9.52. The second-order valence-corrected chi connectivity index (χ2v) is 7.11. The van der Waals surface area contributed by atoms with Crippen LogP contribution in [0.2, 0.25) is 0 Å². The number of nitrogens with two attached hydrogens (primary N) is 1. The van der Waals surface area contributed by atoms with Crippen molar-refractivity contribution in [2.45, 2.75) is 64.5 Å². The summed E-state index contributed by atoms with van der Waals surface area (Å²) in [5.74, 6) is 0.932. The number of halogens is 2. The monoisotopic (exact) mass is 397 g/mol. The fourth-order valence-electron chi connectivity index (χ4n) is 4.11. The molecule has 2 heterocycles. The number of rotatable bonds is 8. The summed E-state index contributed by atoms with van der Waals surface area (Å²) in [6.07, 6.45) is 6.70. The van der Waals surface area contributed by atoms with Crippen molar-refractivity contribution in [2.24, 2.45) is 17.6 Å². The van der Waals surface area contributed by atoms with Crippen LogP contribution < -0.4 is 11.1 Å². The third kappa shape index (κ3) is 7.22. The Morgan fingerprint density at radius 3 is 2.24 bits per heavy atom. The zero-order valence-electron chi connectivity index (χ0n) is 15.7. The fraction of sp³-hybridized carbons (Fsp3) is 0.944. The van der Waals surface area contributed by atoms with Gasteiger partial charge in [0.1, 0.15) is 0 Å². The number of nitrogens with one attached hydrogen (secondary N) is 1. The van der Waals surface area contributed by atoms with Crippen molar-refractivity contribution in [1.29, 1.82) is 0 Å². The van der Waals surface area contributed by atoms with E-state index in [0.29, 0.717) is 12.0 Å². The largest absolute Gasteiger partial charge is 0.381 e. The lowest BCUT2D eigenvalue weighted by molar-refractivity contribution is -0.124. The van der Waals surface area contributed by atoms with Gasteiger partial charge in [-0.2, -0.15) is 0 Å². The molecule has 2 rings (SSSR count). The van der Waals surface area contributed by atoms with Gasteiger partial charge in [0.2, 0.25) is 5.91 Å². The quantitative estimate of drug-likeness (QED) is 0.660. The number of hydrogen-bond acceptors (Lipinski definition) is 4. The molecule has 0 bridgehead atoms. The van der Waals surface area contributed by atoms with Crippen molar-refractivity contribution >= 4 is 30.7 Å². The Morgan fingerprint density at radius 2 is 1.72 bits per heavy atom. The van der Waals surface area contributed by atoms with E-state index in [-0.39, 0.29) is 42.7 Å². The van der Waals surface area contributed by atoms with Crippen molar-refractivity contribution in [3.8, 4) is 0 Å². The van der Waals surface area contributed by atoms with Crippen LogP contribution in [0.1, 0.15) is 52.4 Å². The van der Waals surface area contributed by atoms with Crippen LogP contribution in [0, 0.1) is 11.8 Å². The standard InChI is InChI=1S/C18H35N3O2.2ClH/c1-3-14(4-2)16(21-9-5-6-10-21)13-20-18(22)17(19)15-7-11-23-12-8-15;;/h14-17H,3-13,19H2,1-2H3,(H,20,22);2*1H. The Kier molecular flexibility index (Phi) is 13.1. The normalized spacial score (nSPS) is 21.3. The molecule has 1 amide bonds. The van der Waals surface area contributed by atoms with Crippen molar-refractivity contribution in [1.82, 2.24) is 10.2 Å². The molecule has 2 atom stereocenters. The van der Waals surface area contributed by atoms with Crippen LogP contribution in [0.3, 0.4) is 0 Å². The van der Waals surface area contributed by atoms with E-state index in [1.54, 1.807) is 0 Å². The summed E-state index contributed by atoms with van der Waals surface area (Å²) in [6.45, 7) is 9.06. The number of likely N-dealkylation sites (tertiary alicyclic amines) is 1. The number of amides is 1. The second-order valence-electron chi connectivity index (χ2n) is 7.11. The number of carbonyl (C=O) groups is 1. The lowest BCUT2D eigenvalue weighted by Crippen LogP contribution is -2.52. The molecule has 0 aromatic rings. The van der Waals surface area contributed by atoms with E-state index in [2.05, 4.69) is 24.1 Å². The van der Waals surface area contributed by atoms with Crippen molar-refractivity contribution in [2.75, 3.05) is 32.8 Å². The SMILES string of the molecule is CCC(CC)C(CNC(=O)C(N)C1CCOCC1)N1CCCC1.Cl.Cl. The molecule has 2 aliphatic rings. The number of hydrogen-bond donors (Lipinski definition) is 2. The molecule has 0 aromatic carbocycles. The molecular weight excluding hydrogens is 361 g/mol. The van der Waals surface area contributed by atoms with E-state index in [4.69, 9.17) is 10.5 Å². The van der Waals surface area contributed by atoms with Gasteiger partial charge < -0.3 is 15.8 Å². The lowest BCUT2D eigenvalue weighted by Gasteiger charge is -2.34. The van der Waals surface area contributed by atoms with Crippen LogP contribution in [0.25, 0.3) is 0 Å². The molecule has 7 heteroatoms. The zero-order valence-corrected chi connectivity index (χ0v) is 17.4. The average molecular weight is 398 g/mol. The first kappa shape index (κ1) is 24.9. The Labute approximate surface area is 165 Å². The molecule has 5 nitrogen and oxygen atoms in total. The third-order valence-electron chi connectivity index (χ3n) is 5.76. The van der Waals surface area contributed by atoms with Gasteiger partial charge in [-0.05, 0) is 50.6 Å². The minimum atomic E-state index is -0.389. The van der Waals surface area contributed by atoms with Crippen LogP contribution in [0.5, 0.6) is 0 Å². The van der Waals surface area contributed by atoms with Crippen LogP contribution in [-0.4, -0.2) is 55.7 Å². The average Bonchev–Trinajstić information content (AvgIpc) is 3.12. The van der Waals surface area contributed by atoms with Crippen molar-refractivity contribution < 1.29 is 9.53 Å². The zero-order chi connectivity index (χ0) is 16.7. The highest BCUT2D eigenvalue weighted by Crippen LogP contribution is 2.23. The predicted octanol–water partition coefficient (Wildman–Crippen LogP) is 2.60. The summed E-state index contributed by atoms with van der Waals surface area (Å²) in [5, 5.41) is 3.16. The van der Waals surface area contributed by atoms with Crippen molar-refractivity contribution in [3.05, 3.63) is 0 Å². The van der Waals surface area contributed by atoms with E-state index in [1.165, 1.54) is 38.8 Å². The van der Waals surface area contributed by atoms with Gasteiger partial charge in [0.25, 0.3) is 0 Å². The molecule has 0 saturated carbocycles. The number of carbonyl (C=O) groups excluding carboxylic acids is 1. The molecular formula is C18H37Cl2N3O2. The summed E-state index contributed by atoms with van der Waals surface area (Å²) in [7, 11) is 0. The summed E-state index contributed by atoms with van der Waals surface area (Å²) in [5.41, 5.74) is 6.19. The van der Waals surface area contributed by atoms with E-state index in [9.17, 15) is 4.79 Å². The molecule has 0 aromatic heterocycles. The highest BCUT2D eigenvalue weighted by atomic mass is 35.5. The molecule has 0 spiro atoms. The van der Waals surface area contributed by atoms with Gasteiger partial charge in [0.15, 0.2) is 0 Å². The minimum Gasteiger partial charge on any atom is -0.381 e. The topological polar surface area (TPSA) is 67.6 Å². The maximum Gasteiger partial charge on any atom is 0.237 e. The molecule has 0 aliphatic carbocycles. The van der Waals surface area contributed by atoms with Gasteiger partial charge in [-0.25, -0.2) is 0 Å². The third-order valence-corrected chi connectivity index (χ3v) is 5.76. The van der Waals surface area contributed by atoms with Crippen LogP contribution in [0.15, 0.2) is 0 Å². The Balaban J connectivity index is 0.00000288. The predicted molar refractivity (Wildman–Crippen MR) is 108 cm³/mol. The summed E-state index contributed by atoms with van der Waals surface area (Å²) in [4.78, 5) is 15.0. The molecule has 25 heavy (non-hydrogen) atoms. The molecule has 2 fully saturated rings. The van der Waals surface area contributed by atoms with Gasteiger partial charge in [0.05, 0.1) is 6.04 Å². The second kappa shape index (κ2) is 13.2. The van der Waals surface area contributed by atoms with Crippen LogP contribution in [-0.2, 0) is 9.53 Å². The molecule has 0 radical (unpaired) electrons. The number of nitrogens with zero attached hydrogens (tertiary/aromatic N) is 1. The first-order valence-electron chi connectivity index (χ1n) is 9.52.